The van der Waals surface area contributed by atoms with Gasteiger partial charge in [-0.2, -0.15) is 5.10 Å². The zero-order valence-electron chi connectivity index (χ0n) is 11.0. The van der Waals surface area contributed by atoms with Gasteiger partial charge in [-0.25, -0.2) is 9.36 Å². The van der Waals surface area contributed by atoms with Crippen LogP contribution in [0.25, 0.3) is 11.0 Å². The molecule has 1 aromatic carbocycles. The maximum atomic E-state index is 12.2. The standard InChI is InChI=1S/C13H10BrN5O2/c1-18-12-10(6-15-18)13(21)19(17-16-12)7-11(20)8-3-2-4-9(14)5-8/h2-6H,7H2,1H3. The molecule has 0 fully saturated rings. The van der Waals surface area contributed by atoms with Gasteiger partial charge in [-0.15, -0.1) is 5.10 Å². The third-order valence-corrected chi connectivity index (χ3v) is 3.55. The maximum Gasteiger partial charge on any atom is 0.281 e. The van der Waals surface area contributed by atoms with Gasteiger partial charge in [0.2, 0.25) is 0 Å². The quantitative estimate of drug-likeness (QED) is 0.664. The number of carbonyl (C=O) groups is 1. The molecule has 0 aliphatic rings. The van der Waals surface area contributed by atoms with Crippen LogP contribution in [0.2, 0.25) is 0 Å². The topological polar surface area (TPSA) is 82.7 Å². The number of hydrogen-bond donors (Lipinski definition) is 0. The number of benzene rings is 1. The summed E-state index contributed by atoms with van der Waals surface area (Å²) in [7, 11) is 1.67. The summed E-state index contributed by atoms with van der Waals surface area (Å²) in [4.78, 5) is 24.4. The molecular formula is C13H10BrN5O2. The first-order valence-corrected chi connectivity index (χ1v) is 6.90. The summed E-state index contributed by atoms with van der Waals surface area (Å²) in [5.41, 5.74) is 0.520. The molecule has 7 nitrogen and oxygen atoms in total. The van der Waals surface area contributed by atoms with Gasteiger partial charge in [0.15, 0.2) is 11.4 Å². The number of Topliss-reactive ketones (excluding diaryl/α,β-unsaturated/α-hetero) is 1. The summed E-state index contributed by atoms with van der Waals surface area (Å²) in [6.45, 7) is -0.160. The molecule has 3 rings (SSSR count). The van der Waals surface area contributed by atoms with Crippen LogP contribution in [-0.4, -0.2) is 30.6 Å². The first-order chi connectivity index (χ1) is 10.1. The van der Waals surface area contributed by atoms with Gasteiger partial charge >= 0.3 is 0 Å². The maximum absolute atomic E-state index is 12.2. The van der Waals surface area contributed by atoms with Gasteiger partial charge in [-0.3, -0.25) is 9.59 Å². The van der Waals surface area contributed by atoms with Crippen LogP contribution in [0.4, 0.5) is 0 Å². The molecule has 8 heteroatoms. The van der Waals surface area contributed by atoms with Crippen molar-refractivity contribution >= 4 is 32.7 Å². The number of carbonyl (C=O) groups excluding carboxylic acids is 1. The second kappa shape index (κ2) is 5.21. The molecule has 0 amide bonds. The molecule has 0 unspecified atom stereocenters. The fraction of sp³-hybridized carbons (Fsp3) is 0.154. The Morgan fingerprint density at radius 2 is 2.19 bits per heavy atom. The van der Waals surface area contributed by atoms with Crippen molar-refractivity contribution in [3.8, 4) is 0 Å². The van der Waals surface area contributed by atoms with Crippen LogP contribution in [0.3, 0.4) is 0 Å². The number of nitrogens with zero attached hydrogens (tertiary/aromatic N) is 5. The lowest BCUT2D eigenvalue weighted by molar-refractivity contribution is 0.0964. The fourth-order valence-electron chi connectivity index (χ4n) is 1.97. The van der Waals surface area contributed by atoms with E-state index in [0.29, 0.717) is 16.6 Å². The van der Waals surface area contributed by atoms with Crippen molar-refractivity contribution in [1.82, 2.24) is 24.8 Å². The molecule has 0 spiro atoms. The number of aryl methyl sites for hydroxylation is 1. The van der Waals surface area contributed by atoms with E-state index in [4.69, 9.17) is 0 Å². The molecular weight excluding hydrogens is 338 g/mol. The fourth-order valence-corrected chi connectivity index (χ4v) is 2.37. The van der Waals surface area contributed by atoms with Crippen molar-refractivity contribution in [3.05, 3.63) is 50.9 Å². The minimum Gasteiger partial charge on any atom is -0.292 e. The van der Waals surface area contributed by atoms with Gasteiger partial charge in [0.25, 0.3) is 5.56 Å². The van der Waals surface area contributed by atoms with Gasteiger partial charge in [0.05, 0.1) is 6.20 Å². The van der Waals surface area contributed by atoms with E-state index in [-0.39, 0.29) is 17.9 Å². The average molecular weight is 348 g/mol. The normalized spacial score (nSPS) is 11.0. The summed E-state index contributed by atoms with van der Waals surface area (Å²) in [6, 6.07) is 6.97. The number of halogens is 1. The third-order valence-electron chi connectivity index (χ3n) is 3.06. The number of fused-ring (bicyclic) bond motifs is 1. The van der Waals surface area contributed by atoms with Gasteiger partial charge in [-0.05, 0) is 12.1 Å². The lowest BCUT2D eigenvalue weighted by Crippen LogP contribution is -2.27. The summed E-state index contributed by atoms with van der Waals surface area (Å²) in [6.07, 6.45) is 1.42. The highest BCUT2D eigenvalue weighted by Gasteiger charge is 2.13. The van der Waals surface area contributed by atoms with E-state index in [2.05, 4.69) is 31.3 Å². The molecule has 0 N–H and O–H groups in total. The van der Waals surface area contributed by atoms with Crippen LogP contribution in [-0.2, 0) is 13.6 Å². The Bertz CT molecular complexity index is 899. The monoisotopic (exact) mass is 347 g/mol. The molecule has 0 bridgehead atoms. The Balaban J connectivity index is 1.97. The van der Waals surface area contributed by atoms with E-state index >= 15 is 0 Å². The molecule has 0 saturated carbocycles. The predicted molar refractivity (Wildman–Crippen MR) is 79.0 cm³/mol. The van der Waals surface area contributed by atoms with E-state index in [9.17, 15) is 9.59 Å². The Kier molecular flexibility index (Phi) is 3.38. The number of rotatable bonds is 3. The van der Waals surface area contributed by atoms with Crippen LogP contribution in [0.5, 0.6) is 0 Å². The zero-order chi connectivity index (χ0) is 15.0. The molecule has 21 heavy (non-hydrogen) atoms. The molecule has 2 heterocycles. The Morgan fingerprint density at radius 1 is 1.38 bits per heavy atom. The van der Waals surface area contributed by atoms with E-state index in [1.54, 1.807) is 25.2 Å². The lowest BCUT2D eigenvalue weighted by Gasteiger charge is -2.03. The molecule has 0 aliphatic carbocycles. The smallest absolute Gasteiger partial charge is 0.281 e. The summed E-state index contributed by atoms with van der Waals surface area (Å²) < 4.78 is 3.31. The highest BCUT2D eigenvalue weighted by Crippen LogP contribution is 2.12. The summed E-state index contributed by atoms with van der Waals surface area (Å²) in [5, 5.41) is 12.0. The molecule has 0 atom stereocenters. The summed E-state index contributed by atoms with van der Waals surface area (Å²) >= 11 is 3.31. The average Bonchev–Trinajstić information content (AvgIpc) is 2.84. The highest BCUT2D eigenvalue weighted by molar-refractivity contribution is 9.10. The summed E-state index contributed by atoms with van der Waals surface area (Å²) in [5.74, 6) is -0.212. The van der Waals surface area contributed by atoms with Crippen molar-refractivity contribution in [2.75, 3.05) is 0 Å². The molecule has 0 aliphatic heterocycles. The van der Waals surface area contributed by atoms with Crippen molar-refractivity contribution in [2.45, 2.75) is 6.54 Å². The SMILES string of the molecule is Cn1ncc2c(=O)n(CC(=O)c3cccc(Br)c3)nnc21. The molecule has 0 radical (unpaired) electrons. The zero-order valence-corrected chi connectivity index (χ0v) is 12.6. The van der Waals surface area contributed by atoms with Crippen LogP contribution in [0.1, 0.15) is 10.4 Å². The highest BCUT2D eigenvalue weighted by atomic mass is 79.9. The minimum absolute atomic E-state index is 0.160. The van der Waals surface area contributed by atoms with Crippen LogP contribution in [0, 0.1) is 0 Å². The Labute approximate surface area is 127 Å². The van der Waals surface area contributed by atoms with E-state index in [1.165, 1.54) is 10.9 Å². The van der Waals surface area contributed by atoms with E-state index in [1.807, 2.05) is 6.07 Å². The Hall–Kier alpha value is -2.35. The lowest BCUT2D eigenvalue weighted by atomic mass is 10.1. The number of ketones is 1. The number of hydrogen-bond acceptors (Lipinski definition) is 5. The van der Waals surface area contributed by atoms with Crippen molar-refractivity contribution < 1.29 is 4.79 Å². The van der Waals surface area contributed by atoms with Gasteiger partial charge in [-0.1, -0.05) is 33.3 Å². The molecule has 106 valence electrons. The molecule has 3 aromatic rings. The predicted octanol–water partition coefficient (Wildman–Crippen LogP) is 1.17. The van der Waals surface area contributed by atoms with Crippen LogP contribution >= 0.6 is 15.9 Å². The first kappa shape index (κ1) is 13.6. The Morgan fingerprint density at radius 3 is 2.95 bits per heavy atom. The number of aromatic nitrogens is 5. The molecule has 2 aromatic heterocycles. The second-order valence-electron chi connectivity index (χ2n) is 4.49. The first-order valence-electron chi connectivity index (χ1n) is 6.10. The van der Waals surface area contributed by atoms with Gasteiger partial charge in [0, 0.05) is 17.1 Å². The van der Waals surface area contributed by atoms with E-state index in [0.717, 1.165) is 9.15 Å². The van der Waals surface area contributed by atoms with Crippen LogP contribution in [0.15, 0.2) is 39.7 Å². The largest absolute Gasteiger partial charge is 0.292 e. The van der Waals surface area contributed by atoms with Crippen molar-refractivity contribution in [2.24, 2.45) is 7.05 Å². The third kappa shape index (κ3) is 2.49. The van der Waals surface area contributed by atoms with E-state index < -0.39 is 0 Å². The second-order valence-corrected chi connectivity index (χ2v) is 5.41. The van der Waals surface area contributed by atoms with Crippen molar-refractivity contribution in [3.63, 3.8) is 0 Å². The molecule has 0 saturated heterocycles. The van der Waals surface area contributed by atoms with Crippen LogP contribution < -0.4 is 5.56 Å². The minimum atomic E-state index is -0.378. The van der Waals surface area contributed by atoms with Gasteiger partial charge < -0.3 is 0 Å². The van der Waals surface area contributed by atoms with Crippen molar-refractivity contribution in [1.29, 1.82) is 0 Å². The van der Waals surface area contributed by atoms with Gasteiger partial charge in [0.1, 0.15) is 11.9 Å².